The molecule has 9 nitrogen and oxygen atoms in total. The number of nitro benzene ring substituents is 1. The van der Waals surface area contributed by atoms with Crippen LogP contribution in [0.1, 0.15) is 0 Å². The van der Waals surface area contributed by atoms with Crippen molar-refractivity contribution in [3.8, 4) is 22.1 Å². The van der Waals surface area contributed by atoms with Crippen molar-refractivity contribution in [3.05, 3.63) is 57.6 Å². The van der Waals surface area contributed by atoms with E-state index in [4.69, 9.17) is 21.1 Å². The number of hydrogen-bond donors (Lipinski definition) is 1. The minimum Gasteiger partial charge on any atom is -0.490 e. The lowest BCUT2D eigenvalue weighted by Crippen LogP contribution is -2.20. The van der Waals surface area contributed by atoms with Gasteiger partial charge in [0.25, 0.3) is 5.91 Å². The number of carbonyl (C=O) groups is 1. The van der Waals surface area contributed by atoms with Crippen LogP contribution in [0, 0.1) is 10.1 Å². The van der Waals surface area contributed by atoms with Crippen LogP contribution >= 0.6 is 22.9 Å². The largest absolute Gasteiger partial charge is 0.490 e. The average Bonchev–Trinajstić information content (AvgIpc) is 3.14. The van der Waals surface area contributed by atoms with E-state index in [1.165, 1.54) is 36.6 Å². The number of methoxy groups -OCH3 is 1. The first kappa shape index (κ1) is 19.5. The summed E-state index contributed by atoms with van der Waals surface area (Å²) in [6.45, 7) is -0.309. The van der Waals surface area contributed by atoms with Gasteiger partial charge in [0.05, 0.1) is 12.0 Å². The summed E-state index contributed by atoms with van der Waals surface area (Å²) in [6.07, 6.45) is 0. The summed E-state index contributed by atoms with van der Waals surface area (Å²) in [5, 5.41) is 23.0. The van der Waals surface area contributed by atoms with Gasteiger partial charge in [0.2, 0.25) is 10.9 Å². The number of amides is 1. The van der Waals surface area contributed by atoms with Crippen molar-refractivity contribution >= 4 is 39.7 Å². The molecule has 0 aliphatic rings. The topological polar surface area (TPSA) is 116 Å². The summed E-state index contributed by atoms with van der Waals surface area (Å²) in [4.78, 5) is 22.4. The highest BCUT2D eigenvalue weighted by Crippen LogP contribution is 2.31. The minimum absolute atomic E-state index is 0.0413. The maximum absolute atomic E-state index is 12.1. The van der Waals surface area contributed by atoms with Gasteiger partial charge in [-0.1, -0.05) is 35.1 Å². The van der Waals surface area contributed by atoms with E-state index < -0.39 is 10.8 Å². The van der Waals surface area contributed by atoms with Gasteiger partial charge < -0.3 is 9.47 Å². The molecule has 0 fully saturated rings. The second-order valence-corrected chi connectivity index (χ2v) is 6.76. The molecule has 0 saturated carbocycles. The fourth-order valence-electron chi connectivity index (χ4n) is 2.19. The molecule has 28 heavy (non-hydrogen) atoms. The van der Waals surface area contributed by atoms with E-state index in [0.717, 1.165) is 5.56 Å². The highest BCUT2D eigenvalue weighted by atomic mass is 35.5. The summed E-state index contributed by atoms with van der Waals surface area (Å²) in [7, 11) is 1.31. The van der Waals surface area contributed by atoms with Gasteiger partial charge in [-0.3, -0.25) is 20.2 Å². The predicted octanol–water partition coefficient (Wildman–Crippen LogP) is 3.79. The lowest BCUT2D eigenvalue weighted by Gasteiger charge is -2.07. The number of aromatic nitrogens is 2. The first-order valence-electron chi connectivity index (χ1n) is 7.81. The van der Waals surface area contributed by atoms with E-state index in [9.17, 15) is 14.9 Å². The van der Waals surface area contributed by atoms with Gasteiger partial charge in [0.15, 0.2) is 6.61 Å². The highest BCUT2D eigenvalue weighted by molar-refractivity contribution is 7.18. The Kier molecular flexibility index (Phi) is 6.02. The molecule has 3 rings (SSSR count). The van der Waals surface area contributed by atoms with Gasteiger partial charge in [-0.25, -0.2) is 0 Å². The Morgan fingerprint density at radius 3 is 2.68 bits per heavy atom. The number of carbonyl (C=O) groups excluding carboxylic acids is 1. The average molecular weight is 421 g/mol. The first-order valence-corrected chi connectivity index (χ1v) is 9.00. The zero-order valence-electron chi connectivity index (χ0n) is 14.4. The number of ether oxygens (including phenoxy) is 2. The number of anilines is 1. The van der Waals surface area contributed by atoms with Crippen molar-refractivity contribution in [1.29, 1.82) is 0 Å². The van der Waals surface area contributed by atoms with Crippen molar-refractivity contribution in [2.24, 2.45) is 0 Å². The zero-order chi connectivity index (χ0) is 20.1. The number of nitro groups is 1. The van der Waals surface area contributed by atoms with Crippen LogP contribution in [-0.2, 0) is 4.79 Å². The molecule has 144 valence electrons. The van der Waals surface area contributed by atoms with Gasteiger partial charge >= 0.3 is 5.69 Å². The van der Waals surface area contributed by atoms with Crippen molar-refractivity contribution < 1.29 is 19.2 Å². The summed E-state index contributed by atoms with van der Waals surface area (Å²) in [6, 6.07) is 11.1. The molecule has 0 radical (unpaired) electrons. The van der Waals surface area contributed by atoms with E-state index in [-0.39, 0.29) is 23.8 Å². The van der Waals surface area contributed by atoms with Gasteiger partial charge in [-0.15, -0.1) is 10.2 Å². The Hall–Kier alpha value is -3.24. The van der Waals surface area contributed by atoms with Crippen LogP contribution in [0.4, 0.5) is 10.8 Å². The quantitative estimate of drug-likeness (QED) is 0.456. The fourth-order valence-corrected chi connectivity index (χ4v) is 3.08. The summed E-state index contributed by atoms with van der Waals surface area (Å²) in [5.41, 5.74) is 0.638. The standard InChI is InChI=1S/C17H13ClN4O5S/c1-26-14-8-12(6-7-13(14)22(24)25)27-9-15(23)19-17-21-20-16(28-17)10-2-4-11(18)5-3-10/h2-8H,9H2,1H3,(H,19,21,23). The van der Waals surface area contributed by atoms with E-state index in [2.05, 4.69) is 15.5 Å². The van der Waals surface area contributed by atoms with Crippen LogP contribution in [0.2, 0.25) is 5.02 Å². The lowest BCUT2D eigenvalue weighted by atomic mass is 10.2. The van der Waals surface area contributed by atoms with Crippen molar-refractivity contribution in [1.82, 2.24) is 10.2 Å². The molecular formula is C17H13ClN4O5S. The molecule has 0 unspecified atom stereocenters. The summed E-state index contributed by atoms with van der Waals surface area (Å²) in [5.74, 6) is -0.146. The second kappa shape index (κ2) is 8.63. The van der Waals surface area contributed by atoms with Crippen molar-refractivity contribution in [2.75, 3.05) is 19.0 Å². The van der Waals surface area contributed by atoms with E-state index in [1.807, 2.05) is 0 Å². The van der Waals surface area contributed by atoms with Crippen molar-refractivity contribution in [2.45, 2.75) is 0 Å². The van der Waals surface area contributed by atoms with Crippen LogP contribution in [-0.4, -0.2) is 34.7 Å². The van der Waals surface area contributed by atoms with Crippen molar-refractivity contribution in [3.63, 3.8) is 0 Å². The fraction of sp³-hybridized carbons (Fsp3) is 0.118. The maximum Gasteiger partial charge on any atom is 0.311 e. The molecule has 1 aromatic heterocycles. The number of nitrogens with one attached hydrogen (secondary N) is 1. The first-order chi connectivity index (χ1) is 13.5. The van der Waals surface area contributed by atoms with E-state index in [0.29, 0.717) is 15.2 Å². The van der Waals surface area contributed by atoms with Crippen LogP contribution < -0.4 is 14.8 Å². The normalized spacial score (nSPS) is 10.4. The SMILES string of the molecule is COc1cc(OCC(=O)Nc2nnc(-c3ccc(Cl)cc3)s2)ccc1[N+](=O)[O-]. The third kappa shape index (κ3) is 4.72. The number of benzene rings is 2. The molecule has 0 saturated heterocycles. The van der Waals surface area contributed by atoms with Crippen LogP contribution in [0.5, 0.6) is 11.5 Å². The molecule has 3 aromatic rings. The molecule has 0 aliphatic heterocycles. The highest BCUT2D eigenvalue weighted by Gasteiger charge is 2.16. The number of nitrogens with zero attached hydrogens (tertiary/aromatic N) is 3. The minimum atomic E-state index is -0.566. The molecule has 0 aliphatic carbocycles. The predicted molar refractivity (Wildman–Crippen MR) is 104 cm³/mol. The Labute approximate surface area is 168 Å². The molecule has 0 bridgehead atoms. The van der Waals surface area contributed by atoms with E-state index >= 15 is 0 Å². The molecule has 0 atom stereocenters. The van der Waals surface area contributed by atoms with Crippen LogP contribution in [0.15, 0.2) is 42.5 Å². The number of halogens is 1. The lowest BCUT2D eigenvalue weighted by molar-refractivity contribution is -0.385. The second-order valence-electron chi connectivity index (χ2n) is 5.35. The number of hydrogen-bond acceptors (Lipinski definition) is 8. The van der Waals surface area contributed by atoms with E-state index in [1.54, 1.807) is 24.3 Å². The van der Waals surface area contributed by atoms with Gasteiger partial charge in [0.1, 0.15) is 10.8 Å². The molecule has 1 N–H and O–H groups in total. The summed E-state index contributed by atoms with van der Waals surface area (Å²) < 4.78 is 10.3. The third-order valence-electron chi connectivity index (χ3n) is 3.48. The molecule has 11 heteroatoms. The molecule has 1 heterocycles. The Morgan fingerprint density at radius 2 is 2.00 bits per heavy atom. The van der Waals surface area contributed by atoms with Gasteiger partial charge in [0, 0.05) is 22.7 Å². The molecule has 0 spiro atoms. The summed E-state index contributed by atoms with van der Waals surface area (Å²) >= 11 is 7.06. The Balaban J connectivity index is 1.59. The zero-order valence-corrected chi connectivity index (χ0v) is 16.0. The van der Waals surface area contributed by atoms with Gasteiger partial charge in [-0.05, 0) is 18.2 Å². The van der Waals surface area contributed by atoms with Gasteiger partial charge in [-0.2, -0.15) is 0 Å². The molecular weight excluding hydrogens is 408 g/mol. The Bertz CT molecular complexity index is 1010. The molecule has 2 aromatic carbocycles. The monoisotopic (exact) mass is 420 g/mol. The maximum atomic E-state index is 12.1. The smallest absolute Gasteiger partial charge is 0.311 e. The number of rotatable bonds is 7. The third-order valence-corrected chi connectivity index (χ3v) is 4.62. The van der Waals surface area contributed by atoms with Crippen LogP contribution in [0.3, 0.4) is 0 Å². The Morgan fingerprint density at radius 1 is 1.25 bits per heavy atom. The van der Waals surface area contributed by atoms with Crippen LogP contribution in [0.25, 0.3) is 10.6 Å². The molecule has 1 amide bonds.